The van der Waals surface area contributed by atoms with Gasteiger partial charge in [0.1, 0.15) is 0 Å². The Balaban J connectivity index is 1.47. The maximum atomic E-state index is 12.6. The normalized spacial score (nSPS) is 20.3. The van der Waals surface area contributed by atoms with E-state index in [1.165, 1.54) is 11.8 Å². The molecule has 0 N–H and O–H groups in total. The molecule has 1 aromatic rings. The van der Waals surface area contributed by atoms with Gasteiger partial charge in [0.25, 0.3) is 0 Å². The predicted octanol–water partition coefficient (Wildman–Crippen LogP) is 1.53. The van der Waals surface area contributed by atoms with E-state index in [2.05, 4.69) is 9.97 Å². The molecule has 3 rings (SSSR count). The Morgan fingerprint density at radius 1 is 1.13 bits per heavy atom. The van der Waals surface area contributed by atoms with Crippen molar-refractivity contribution in [3.63, 3.8) is 0 Å². The van der Waals surface area contributed by atoms with Crippen molar-refractivity contribution in [2.75, 3.05) is 18.8 Å². The molecule has 0 atom stereocenters. The summed E-state index contributed by atoms with van der Waals surface area (Å²) in [5, 5.41) is 0.00544. The van der Waals surface area contributed by atoms with E-state index in [0.29, 0.717) is 18.2 Å². The number of thioether (sulfide) groups is 1. The van der Waals surface area contributed by atoms with Crippen molar-refractivity contribution in [1.82, 2.24) is 14.9 Å². The van der Waals surface area contributed by atoms with Gasteiger partial charge < -0.3 is 4.90 Å². The molecule has 2 aliphatic rings. The fourth-order valence-electron chi connectivity index (χ4n) is 3.09. The van der Waals surface area contributed by atoms with Crippen molar-refractivity contribution in [3.8, 4) is 0 Å². The highest BCUT2D eigenvalue weighted by Crippen LogP contribution is 2.30. The minimum absolute atomic E-state index is 0.0439. The molecule has 0 unspecified atom stereocenters. The topological polar surface area (TPSA) is 80.2 Å². The highest BCUT2D eigenvalue weighted by atomic mass is 32.2. The Labute approximate surface area is 141 Å². The van der Waals surface area contributed by atoms with Crippen LogP contribution in [0.25, 0.3) is 0 Å². The number of carbonyl (C=O) groups excluding carboxylic acids is 1. The molecule has 1 saturated heterocycles. The van der Waals surface area contributed by atoms with Gasteiger partial charge in [0.15, 0.2) is 15.0 Å². The van der Waals surface area contributed by atoms with Crippen LogP contribution in [0.5, 0.6) is 0 Å². The van der Waals surface area contributed by atoms with E-state index >= 15 is 0 Å². The van der Waals surface area contributed by atoms with E-state index in [0.717, 1.165) is 32.1 Å². The summed E-state index contributed by atoms with van der Waals surface area (Å²) in [7, 11) is -3.08. The summed E-state index contributed by atoms with van der Waals surface area (Å²) in [5.41, 5.74) is 0. The van der Waals surface area contributed by atoms with Crippen LogP contribution >= 0.6 is 11.8 Å². The van der Waals surface area contributed by atoms with Crippen LogP contribution in [0, 0.1) is 0 Å². The van der Waals surface area contributed by atoms with Crippen LogP contribution in [-0.2, 0) is 14.6 Å². The van der Waals surface area contributed by atoms with E-state index in [9.17, 15) is 13.2 Å². The molecule has 1 aromatic heterocycles. The first-order chi connectivity index (χ1) is 11.1. The number of nitrogens with zero attached hydrogens (tertiary/aromatic N) is 3. The highest BCUT2D eigenvalue weighted by molar-refractivity contribution is 7.99. The van der Waals surface area contributed by atoms with E-state index in [4.69, 9.17) is 0 Å². The number of hydrogen-bond donors (Lipinski definition) is 0. The summed E-state index contributed by atoms with van der Waals surface area (Å²) >= 11 is 1.28. The third kappa shape index (κ3) is 3.85. The third-order valence-electron chi connectivity index (χ3n) is 4.55. The first-order valence-electron chi connectivity index (χ1n) is 7.97. The quantitative estimate of drug-likeness (QED) is 0.589. The molecule has 0 spiro atoms. The van der Waals surface area contributed by atoms with Gasteiger partial charge >= 0.3 is 0 Å². The maximum Gasteiger partial charge on any atom is 0.233 e. The lowest BCUT2D eigenvalue weighted by Crippen LogP contribution is -2.59. The smallest absolute Gasteiger partial charge is 0.233 e. The fraction of sp³-hybridized carbons (Fsp3) is 0.667. The van der Waals surface area contributed by atoms with Gasteiger partial charge in [0.05, 0.1) is 16.3 Å². The van der Waals surface area contributed by atoms with Crippen LogP contribution in [0.2, 0.25) is 0 Å². The largest absolute Gasteiger partial charge is 0.339 e. The summed E-state index contributed by atoms with van der Waals surface area (Å²) in [6, 6.07) is 1.72. The monoisotopic (exact) mass is 355 g/mol. The molecule has 0 bridgehead atoms. The minimum atomic E-state index is -3.08. The highest BCUT2D eigenvalue weighted by Gasteiger charge is 2.43. The molecule has 1 amide bonds. The molecule has 126 valence electrons. The summed E-state index contributed by atoms with van der Waals surface area (Å²) in [4.78, 5) is 21.8. The van der Waals surface area contributed by atoms with Crippen molar-refractivity contribution >= 4 is 27.5 Å². The second-order valence-corrected chi connectivity index (χ2v) is 9.54. The Morgan fingerprint density at radius 3 is 2.43 bits per heavy atom. The van der Waals surface area contributed by atoms with Gasteiger partial charge in [-0.2, -0.15) is 0 Å². The zero-order valence-electron chi connectivity index (χ0n) is 12.9. The number of aromatic nitrogens is 2. The number of hydrogen-bond acceptors (Lipinski definition) is 6. The molecule has 1 saturated carbocycles. The molecule has 1 aliphatic heterocycles. The Hall–Kier alpha value is -1.15. The average Bonchev–Trinajstić information content (AvgIpc) is 2.53. The number of likely N-dealkylation sites (tertiary alicyclic amines) is 1. The first-order valence-corrected chi connectivity index (χ1v) is 10.6. The van der Waals surface area contributed by atoms with Crippen molar-refractivity contribution < 1.29 is 13.2 Å². The van der Waals surface area contributed by atoms with Gasteiger partial charge in [0, 0.05) is 25.5 Å². The van der Waals surface area contributed by atoms with E-state index in [1.54, 1.807) is 23.4 Å². The second-order valence-electron chi connectivity index (χ2n) is 6.09. The SMILES string of the molecule is O=C(CSc1ncccn1)N1CC(S(=O)(=O)C2CCCCC2)C1. The van der Waals surface area contributed by atoms with Gasteiger partial charge in [-0.05, 0) is 18.9 Å². The standard InChI is InChI=1S/C15H21N3O3S2/c19-14(11-22-15-16-7-4-8-17-15)18-9-13(10-18)23(20,21)12-5-2-1-3-6-12/h4,7-8,12-13H,1-3,5-6,9-11H2. The Bertz CT molecular complexity index is 639. The molecule has 0 radical (unpaired) electrons. The van der Waals surface area contributed by atoms with Crippen LogP contribution in [0.4, 0.5) is 0 Å². The van der Waals surface area contributed by atoms with E-state index in [1.807, 2.05) is 0 Å². The molecule has 1 aliphatic carbocycles. The van der Waals surface area contributed by atoms with Gasteiger partial charge in [-0.1, -0.05) is 31.0 Å². The lowest BCUT2D eigenvalue weighted by molar-refractivity contribution is -0.131. The molecular weight excluding hydrogens is 334 g/mol. The third-order valence-corrected chi connectivity index (χ3v) is 8.04. The first kappa shape index (κ1) is 16.7. The van der Waals surface area contributed by atoms with Crippen molar-refractivity contribution in [2.45, 2.75) is 47.8 Å². The van der Waals surface area contributed by atoms with Crippen LogP contribution in [0.1, 0.15) is 32.1 Å². The summed E-state index contributed by atoms with van der Waals surface area (Å²) in [5.74, 6) is 0.206. The van der Waals surface area contributed by atoms with Crippen LogP contribution in [0.3, 0.4) is 0 Å². The molecule has 0 aromatic carbocycles. The van der Waals surface area contributed by atoms with Gasteiger partial charge in [-0.15, -0.1) is 0 Å². The Morgan fingerprint density at radius 2 is 1.78 bits per heavy atom. The second kappa shape index (κ2) is 7.17. The van der Waals surface area contributed by atoms with Crippen molar-refractivity contribution in [1.29, 1.82) is 0 Å². The molecule has 2 fully saturated rings. The summed E-state index contributed by atoms with van der Waals surface area (Å²) < 4.78 is 25.1. The minimum Gasteiger partial charge on any atom is -0.339 e. The van der Waals surface area contributed by atoms with Crippen LogP contribution < -0.4 is 0 Å². The molecule has 6 nitrogen and oxygen atoms in total. The molecule has 8 heteroatoms. The van der Waals surface area contributed by atoms with Crippen LogP contribution in [-0.4, -0.2) is 58.5 Å². The number of carbonyl (C=O) groups is 1. The maximum absolute atomic E-state index is 12.6. The zero-order chi connectivity index (χ0) is 16.3. The number of rotatable bonds is 5. The number of sulfone groups is 1. The zero-order valence-corrected chi connectivity index (χ0v) is 14.6. The predicted molar refractivity (Wildman–Crippen MR) is 88.9 cm³/mol. The molecule has 2 heterocycles. The summed E-state index contributed by atoms with van der Waals surface area (Å²) in [6.45, 7) is 0.682. The average molecular weight is 355 g/mol. The van der Waals surface area contributed by atoms with Crippen molar-refractivity contribution in [2.24, 2.45) is 0 Å². The van der Waals surface area contributed by atoms with Crippen LogP contribution in [0.15, 0.2) is 23.6 Å². The lowest BCUT2D eigenvalue weighted by Gasteiger charge is -2.40. The van der Waals surface area contributed by atoms with E-state index < -0.39 is 9.84 Å². The Kier molecular flexibility index (Phi) is 5.21. The van der Waals surface area contributed by atoms with Crippen molar-refractivity contribution in [3.05, 3.63) is 18.5 Å². The van der Waals surface area contributed by atoms with E-state index in [-0.39, 0.29) is 22.2 Å². The summed E-state index contributed by atoms with van der Waals surface area (Å²) in [6.07, 6.45) is 7.99. The molecular formula is C15H21N3O3S2. The number of amides is 1. The molecule has 23 heavy (non-hydrogen) atoms. The van der Waals surface area contributed by atoms with Gasteiger partial charge in [-0.3, -0.25) is 4.79 Å². The fourth-order valence-corrected chi connectivity index (χ4v) is 6.11. The van der Waals surface area contributed by atoms with Gasteiger partial charge in [-0.25, -0.2) is 18.4 Å². The lowest BCUT2D eigenvalue weighted by atomic mass is 10.0. The van der Waals surface area contributed by atoms with Gasteiger partial charge in [0.2, 0.25) is 5.91 Å².